The van der Waals surface area contributed by atoms with Crippen LogP contribution in [0.1, 0.15) is 11.1 Å². The lowest BCUT2D eigenvalue weighted by Gasteiger charge is -2.10. The summed E-state index contributed by atoms with van der Waals surface area (Å²) >= 11 is 9.10. The Kier molecular flexibility index (Phi) is 4.20. The first-order valence-electron chi connectivity index (χ1n) is 5.49. The van der Waals surface area contributed by atoms with Gasteiger partial charge >= 0.3 is 5.69 Å². The summed E-state index contributed by atoms with van der Waals surface area (Å²) in [5.41, 5.74) is 0.983. The zero-order valence-electron chi connectivity index (χ0n) is 10.6. The molecule has 104 valence electrons. The standard InChI is InChI=1S/C12H9BrClN3O3/c1-6-3-8(13)4-9(17(18)19)10(6)20-12-7(2)11(14)15-5-16-12/h3-5H,1-2H3. The van der Waals surface area contributed by atoms with Gasteiger partial charge in [-0.1, -0.05) is 27.5 Å². The highest BCUT2D eigenvalue weighted by Gasteiger charge is 2.21. The number of nitro groups is 1. The second-order valence-electron chi connectivity index (χ2n) is 4.02. The summed E-state index contributed by atoms with van der Waals surface area (Å²) in [4.78, 5) is 18.4. The molecule has 8 heteroatoms. The van der Waals surface area contributed by atoms with Crippen molar-refractivity contribution < 1.29 is 9.66 Å². The maximum absolute atomic E-state index is 11.1. The molecule has 6 nitrogen and oxygen atoms in total. The molecule has 0 saturated heterocycles. The van der Waals surface area contributed by atoms with Crippen molar-refractivity contribution in [1.29, 1.82) is 0 Å². The Labute approximate surface area is 128 Å². The number of aryl methyl sites for hydroxylation is 1. The second-order valence-corrected chi connectivity index (χ2v) is 5.30. The van der Waals surface area contributed by atoms with Gasteiger partial charge in [0.05, 0.1) is 4.92 Å². The Hall–Kier alpha value is -1.73. The Morgan fingerprint density at radius 1 is 1.35 bits per heavy atom. The van der Waals surface area contributed by atoms with Crippen LogP contribution in [0.25, 0.3) is 0 Å². The molecule has 1 heterocycles. The van der Waals surface area contributed by atoms with E-state index in [4.69, 9.17) is 16.3 Å². The fraction of sp³-hybridized carbons (Fsp3) is 0.167. The number of halogens is 2. The van der Waals surface area contributed by atoms with Gasteiger partial charge in [-0.05, 0) is 19.9 Å². The van der Waals surface area contributed by atoms with Crippen molar-refractivity contribution in [1.82, 2.24) is 9.97 Å². The van der Waals surface area contributed by atoms with E-state index >= 15 is 0 Å². The second kappa shape index (κ2) is 5.72. The molecule has 0 radical (unpaired) electrons. The third kappa shape index (κ3) is 2.88. The highest BCUT2D eigenvalue weighted by atomic mass is 79.9. The van der Waals surface area contributed by atoms with Crippen LogP contribution in [0.4, 0.5) is 5.69 Å². The van der Waals surface area contributed by atoms with Crippen LogP contribution in [0.3, 0.4) is 0 Å². The van der Waals surface area contributed by atoms with Crippen LogP contribution in [0.15, 0.2) is 22.9 Å². The summed E-state index contributed by atoms with van der Waals surface area (Å²) < 4.78 is 6.17. The van der Waals surface area contributed by atoms with E-state index in [0.29, 0.717) is 15.6 Å². The Morgan fingerprint density at radius 2 is 2.05 bits per heavy atom. The number of benzene rings is 1. The number of ether oxygens (including phenoxy) is 1. The molecule has 20 heavy (non-hydrogen) atoms. The fourth-order valence-electron chi connectivity index (χ4n) is 1.59. The molecule has 0 bridgehead atoms. The lowest BCUT2D eigenvalue weighted by Crippen LogP contribution is -1.99. The van der Waals surface area contributed by atoms with Gasteiger partial charge in [0.2, 0.25) is 11.6 Å². The maximum Gasteiger partial charge on any atom is 0.313 e. The Morgan fingerprint density at radius 3 is 2.70 bits per heavy atom. The zero-order chi connectivity index (χ0) is 14.9. The molecule has 0 aliphatic carbocycles. The van der Waals surface area contributed by atoms with Gasteiger partial charge in [0.15, 0.2) is 0 Å². The molecule has 1 aromatic heterocycles. The average Bonchev–Trinajstić information content (AvgIpc) is 2.37. The molecule has 0 amide bonds. The minimum absolute atomic E-state index is 0.135. The molecular weight excluding hydrogens is 350 g/mol. The van der Waals surface area contributed by atoms with Crippen LogP contribution in [0, 0.1) is 24.0 Å². The number of hydrogen-bond donors (Lipinski definition) is 0. The van der Waals surface area contributed by atoms with E-state index in [1.165, 1.54) is 12.4 Å². The lowest BCUT2D eigenvalue weighted by atomic mass is 10.2. The molecule has 0 spiro atoms. The van der Waals surface area contributed by atoms with Gasteiger partial charge in [-0.2, -0.15) is 0 Å². The molecule has 0 saturated carbocycles. The van der Waals surface area contributed by atoms with Crippen LogP contribution in [0.5, 0.6) is 11.6 Å². The summed E-state index contributed by atoms with van der Waals surface area (Å²) in [7, 11) is 0. The van der Waals surface area contributed by atoms with E-state index in [1.807, 2.05) is 0 Å². The maximum atomic E-state index is 11.1. The lowest BCUT2D eigenvalue weighted by molar-refractivity contribution is -0.385. The number of aromatic nitrogens is 2. The van der Waals surface area contributed by atoms with Crippen molar-refractivity contribution in [2.75, 3.05) is 0 Å². The minimum atomic E-state index is -0.509. The van der Waals surface area contributed by atoms with E-state index in [2.05, 4.69) is 25.9 Å². The highest BCUT2D eigenvalue weighted by Crippen LogP contribution is 2.37. The summed E-state index contributed by atoms with van der Waals surface area (Å²) in [6.07, 6.45) is 1.24. The smallest absolute Gasteiger partial charge is 0.313 e. The largest absolute Gasteiger partial charge is 0.431 e. The molecule has 0 aliphatic rings. The Bertz CT molecular complexity index is 694. The van der Waals surface area contributed by atoms with E-state index in [1.54, 1.807) is 19.9 Å². The highest BCUT2D eigenvalue weighted by molar-refractivity contribution is 9.10. The van der Waals surface area contributed by atoms with Crippen molar-refractivity contribution in [3.63, 3.8) is 0 Å². The summed E-state index contributed by atoms with van der Waals surface area (Å²) in [6, 6.07) is 3.10. The topological polar surface area (TPSA) is 78.2 Å². The summed E-state index contributed by atoms with van der Waals surface area (Å²) in [6.45, 7) is 3.39. The van der Waals surface area contributed by atoms with Crippen molar-refractivity contribution in [3.8, 4) is 11.6 Å². The van der Waals surface area contributed by atoms with E-state index in [9.17, 15) is 10.1 Å². The normalized spacial score (nSPS) is 10.4. The average molecular weight is 359 g/mol. The van der Waals surface area contributed by atoms with Gasteiger partial charge in [-0.3, -0.25) is 10.1 Å². The van der Waals surface area contributed by atoms with Gasteiger partial charge < -0.3 is 4.74 Å². The van der Waals surface area contributed by atoms with Crippen LogP contribution in [0.2, 0.25) is 5.15 Å². The Balaban J connectivity index is 2.53. The third-order valence-corrected chi connectivity index (χ3v) is 3.43. The molecule has 0 N–H and O–H groups in total. The van der Waals surface area contributed by atoms with Gasteiger partial charge in [0.1, 0.15) is 11.5 Å². The van der Waals surface area contributed by atoms with Gasteiger partial charge in [0, 0.05) is 21.7 Å². The van der Waals surface area contributed by atoms with Crippen molar-refractivity contribution in [2.45, 2.75) is 13.8 Å². The van der Waals surface area contributed by atoms with Crippen LogP contribution >= 0.6 is 27.5 Å². The number of nitrogens with zero attached hydrogens (tertiary/aromatic N) is 3. The summed E-state index contributed by atoms with van der Waals surface area (Å²) in [5, 5.41) is 11.4. The fourth-order valence-corrected chi connectivity index (χ4v) is 2.28. The third-order valence-electron chi connectivity index (χ3n) is 2.59. The SMILES string of the molecule is Cc1cc(Br)cc([N+](=O)[O-])c1Oc1ncnc(Cl)c1C. The predicted molar refractivity (Wildman–Crippen MR) is 77.4 cm³/mol. The quantitative estimate of drug-likeness (QED) is 0.466. The monoisotopic (exact) mass is 357 g/mol. The summed E-state index contributed by atoms with van der Waals surface area (Å²) in [5.74, 6) is 0.328. The molecule has 2 rings (SSSR count). The van der Waals surface area contributed by atoms with E-state index in [0.717, 1.165) is 0 Å². The van der Waals surface area contributed by atoms with Crippen molar-refractivity contribution in [2.24, 2.45) is 0 Å². The van der Waals surface area contributed by atoms with Crippen molar-refractivity contribution in [3.05, 3.63) is 49.3 Å². The molecule has 1 aromatic carbocycles. The molecule has 0 aliphatic heterocycles. The molecule has 0 fully saturated rings. The molecule has 2 aromatic rings. The number of hydrogen-bond acceptors (Lipinski definition) is 5. The van der Waals surface area contributed by atoms with E-state index in [-0.39, 0.29) is 22.5 Å². The molecule has 0 unspecified atom stereocenters. The van der Waals surface area contributed by atoms with Gasteiger partial charge in [-0.25, -0.2) is 9.97 Å². The van der Waals surface area contributed by atoms with E-state index < -0.39 is 4.92 Å². The van der Waals surface area contributed by atoms with Crippen LogP contribution in [-0.4, -0.2) is 14.9 Å². The van der Waals surface area contributed by atoms with Crippen LogP contribution < -0.4 is 4.74 Å². The first kappa shape index (κ1) is 14.7. The first-order valence-corrected chi connectivity index (χ1v) is 6.66. The molecule has 0 atom stereocenters. The molecular formula is C12H9BrClN3O3. The predicted octanol–water partition coefficient (Wildman–Crippen LogP) is 4.21. The number of nitro benzene ring substituents is 1. The van der Waals surface area contributed by atoms with Gasteiger partial charge in [-0.15, -0.1) is 0 Å². The zero-order valence-corrected chi connectivity index (χ0v) is 12.9. The number of rotatable bonds is 3. The first-order chi connectivity index (χ1) is 9.40. The van der Waals surface area contributed by atoms with Crippen molar-refractivity contribution >= 4 is 33.2 Å². The van der Waals surface area contributed by atoms with Crippen LogP contribution in [-0.2, 0) is 0 Å². The van der Waals surface area contributed by atoms with Gasteiger partial charge in [0.25, 0.3) is 0 Å². The minimum Gasteiger partial charge on any atom is -0.431 e.